The molecule has 0 spiro atoms. The lowest BCUT2D eigenvalue weighted by Crippen LogP contribution is -2.25. The lowest BCUT2D eigenvalue weighted by molar-refractivity contribution is 0.0884. The maximum Gasteiger partial charge on any atom is 0.156 e. The van der Waals surface area contributed by atoms with E-state index in [0.717, 1.165) is 24.5 Å². The summed E-state index contributed by atoms with van der Waals surface area (Å²) in [5, 5.41) is 15.4. The van der Waals surface area contributed by atoms with Crippen molar-refractivity contribution in [2.24, 2.45) is 0 Å². The summed E-state index contributed by atoms with van der Waals surface area (Å²) >= 11 is 12.0. The summed E-state index contributed by atoms with van der Waals surface area (Å²) in [6.45, 7) is 4.40. The van der Waals surface area contributed by atoms with Crippen LogP contribution in [0.15, 0.2) is 18.2 Å². The summed E-state index contributed by atoms with van der Waals surface area (Å²) in [6.07, 6.45) is 0.794. The second-order valence-electron chi connectivity index (χ2n) is 4.85. The number of hydrogen-bond donors (Lipinski definition) is 1. The fourth-order valence-electron chi connectivity index (χ4n) is 2.04. The van der Waals surface area contributed by atoms with Crippen molar-refractivity contribution in [3.8, 4) is 5.75 Å². The summed E-state index contributed by atoms with van der Waals surface area (Å²) in [6, 6.07) is 5.12. The number of nitrogens with zero attached hydrogens (tertiary/aromatic N) is 3. The molecule has 0 saturated carbocycles. The molecule has 2 aromatic rings. The lowest BCUT2D eigenvalue weighted by atomic mass is 10.3. The van der Waals surface area contributed by atoms with E-state index in [0.29, 0.717) is 22.3 Å². The van der Waals surface area contributed by atoms with Crippen LogP contribution in [-0.2, 0) is 19.4 Å². The number of ether oxygens (including phenoxy) is 1. The molecule has 1 atom stereocenters. The van der Waals surface area contributed by atoms with Crippen molar-refractivity contribution in [1.82, 2.24) is 14.8 Å². The molecule has 0 fully saturated rings. The normalized spacial score (nSPS) is 12.4. The molecule has 1 aromatic carbocycles. The van der Waals surface area contributed by atoms with Gasteiger partial charge in [-0.05, 0) is 12.1 Å². The van der Waals surface area contributed by atoms with Crippen molar-refractivity contribution in [2.75, 3.05) is 6.61 Å². The summed E-state index contributed by atoms with van der Waals surface area (Å²) < 4.78 is 7.26. The molecule has 0 saturated heterocycles. The first kappa shape index (κ1) is 17.1. The zero-order chi connectivity index (χ0) is 16.1. The minimum absolute atomic E-state index is 0.0773. The van der Waals surface area contributed by atoms with Gasteiger partial charge in [0, 0.05) is 12.8 Å². The highest BCUT2D eigenvalue weighted by molar-refractivity contribution is 6.37. The SMILES string of the molecule is CCc1nc(CC)n(CC(O)COc2c(Cl)cccc2Cl)n1. The van der Waals surface area contributed by atoms with E-state index in [4.69, 9.17) is 27.9 Å². The number of aryl methyl sites for hydroxylation is 2. The Morgan fingerprint density at radius 1 is 1.23 bits per heavy atom. The minimum atomic E-state index is -0.732. The molecular weight excluding hydrogens is 325 g/mol. The molecule has 22 heavy (non-hydrogen) atoms. The van der Waals surface area contributed by atoms with E-state index >= 15 is 0 Å². The Kier molecular flexibility index (Phi) is 6.06. The standard InChI is InChI=1S/C15H19Cl2N3O2/c1-3-13-18-14(4-2)20(19-13)8-10(21)9-22-15-11(16)6-5-7-12(15)17/h5-7,10,21H,3-4,8-9H2,1-2H3. The van der Waals surface area contributed by atoms with Gasteiger partial charge in [0.15, 0.2) is 11.6 Å². The number of aromatic nitrogens is 3. The molecule has 1 heterocycles. The molecule has 1 N–H and O–H groups in total. The lowest BCUT2D eigenvalue weighted by Gasteiger charge is -2.15. The van der Waals surface area contributed by atoms with Crippen molar-refractivity contribution >= 4 is 23.2 Å². The number of rotatable bonds is 7. The Morgan fingerprint density at radius 2 is 1.91 bits per heavy atom. The van der Waals surface area contributed by atoms with E-state index in [1.54, 1.807) is 22.9 Å². The predicted octanol–water partition coefficient (Wildman–Crippen LogP) is 3.15. The van der Waals surface area contributed by atoms with Crippen LogP contribution >= 0.6 is 23.2 Å². The van der Waals surface area contributed by atoms with Crippen molar-refractivity contribution in [3.05, 3.63) is 39.9 Å². The molecular formula is C15H19Cl2N3O2. The zero-order valence-electron chi connectivity index (χ0n) is 12.6. The van der Waals surface area contributed by atoms with Crippen LogP contribution in [0.4, 0.5) is 0 Å². The number of aliphatic hydroxyl groups is 1. The molecule has 0 aliphatic carbocycles. The summed E-state index contributed by atoms with van der Waals surface area (Å²) in [5.41, 5.74) is 0. The van der Waals surface area contributed by atoms with Crippen molar-refractivity contribution in [3.63, 3.8) is 0 Å². The van der Waals surface area contributed by atoms with Gasteiger partial charge >= 0.3 is 0 Å². The van der Waals surface area contributed by atoms with Crippen LogP contribution in [0.1, 0.15) is 25.5 Å². The van der Waals surface area contributed by atoms with Crippen LogP contribution in [0.5, 0.6) is 5.75 Å². The van der Waals surface area contributed by atoms with E-state index in [1.807, 2.05) is 13.8 Å². The van der Waals surface area contributed by atoms with Gasteiger partial charge in [-0.25, -0.2) is 9.67 Å². The van der Waals surface area contributed by atoms with Gasteiger partial charge in [0.05, 0.1) is 16.6 Å². The van der Waals surface area contributed by atoms with Gasteiger partial charge in [-0.2, -0.15) is 5.10 Å². The highest BCUT2D eigenvalue weighted by Crippen LogP contribution is 2.32. The van der Waals surface area contributed by atoms with E-state index in [1.165, 1.54) is 0 Å². The largest absolute Gasteiger partial charge is 0.488 e. The third kappa shape index (κ3) is 4.12. The Balaban J connectivity index is 1.98. The van der Waals surface area contributed by atoms with Gasteiger partial charge in [0.2, 0.25) is 0 Å². The fourth-order valence-corrected chi connectivity index (χ4v) is 2.54. The number of benzene rings is 1. The van der Waals surface area contributed by atoms with Gasteiger partial charge in [0.1, 0.15) is 18.5 Å². The van der Waals surface area contributed by atoms with E-state index in [2.05, 4.69) is 10.1 Å². The monoisotopic (exact) mass is 343 g/mol. The first-order valence-electron chi connectivity index (χ1n) is 7.22. The Hall–Kier alpha value is -1.30. The van der Waals surface area contributed by atoms with Crippen molar-refractivity contribution in [1.29, 1.82) is 0 Å². The molecule has 1 unspecified atom stereocenters. The first-order chi connectivity index (χ1) is 10.5. The molecule has 0 amide bonds. The van der Waals surface area contributed by atoms with Gasteiger partial charge in [-0.3, -0.25) is 0 Å². The highest BCUT2D eigenvalue weighted by atomic mass is 35.5. The van der Waals surface area contributed by atoms with E-state index in [-0.39, 0.29) is 6.61 Å². The number of aliphatic hydroxyl groups excluding tert-OH is 1. The van der Waals surface area contributed by atoms with Gasteiger partial charge in [-0.15, -0.1) is 0 Å². The summed E-state index contributed by atoms with van der Waals surface area (Å²) in [5.74, 6) is 2.01. The zero-order valence-corrected chi connectivity index (χ0v) is 14.1. The first-order valence-corrected chi connectivity index (χ1v) is 7.98. The maximum absolute atomic E-state index is 10.1. The number of hydrogen-bond acceptors (Lipinski definition) is 4. The molecule has 0 bridgehead atoms. The third-order valence-electron chi connectivity index (χ3n) is 3.15. The van der Waals surface area contributed by atoms with Crippen LogP contribution < -0.4 is 4.74 Å². The Labute approximate surface area is 139 Å². The van der Waals surface area contributed by atoms with Crippen LogP contribution in [0, 0.1) is 0 Å². The molecule has 5 nitrogen and oxygen atoms in total. The van der Waals surface area contributed by atoms with Crippen LogP contribution in [0.25, 0.3) is 0 Å². The summed E-state index contributed by atoms with van der Waals surface area (Å²) in [4.78, 5) is 4.40. The molecule has 7 heteroatoms. The topological polar surface area (TPSA) is 60.2 Å². The summed E-state index contributed by atoms with van der Waals surface area (Å²) in [7, 11) is 0. The smallest absolute Gasteiger partial charge is 0.156 e. The number of para-hydroxylation sites is 1. The molecule has 0 aliphatic heterocycles. The molecule has 0 radical (unpaired) electrons. The molecule has 2 rings (SSSR count). The average molecular weight is 344 g/mol. The molecule has 120 valence electrons. The average Bonchev–Trinajstić information content (AvgIpc) is 2.88. The Morgan fingerprint density at radius 3 is 2.50 bits per heavy atom. The van der Waals surface area contributed by atoms with E-state index in [9.17, 15) is 5.11 Å². The maximum atomic E-state index is 10.1. The molecule has 0 aliphatic rings. The van der Waals surface area contributed by atoms with Gasteiger partial charge in [-0.1, -0.05) is 43.1 Å². The quantitative estimate of drug-likeness (QED) is 0.838. The van der Waals surface area contributed by atoms with Gasteiger partial charge < -0.3 is 9.84 Å². The fraction of sp³-hybridized carbons (Fsp3) is 0.467. The Bertz CT molecular complexity index is 611. The van der Waals surface area contributed by atoms with Crippen LogP contribution in [-0.4, -0.2) is 32.6 Å². The van der Waals surface area contributed by atoms with Crippen molar-refractivity contribution in [2.45, 2.75) is 39.3 Å². The number of halogens is 2. The van der Waals surface area contributed by atoms with Gasteiger partial charge in [0.25, 0.3) is 0 Å². The van der Waals surface area contributed by atoms with Crippen molar-refractivity contribution < 1.29 is 9.84 Å². The van der Waals surface area contributed by atoms with Crippen LogP contribution in [0.2, 0.25) is 10.0 Å². The van der Waals surface area contributed by atoms with E-state index < -0.39 is 6.10 Å². The minimum Gasteiger partial charge on any atom is -0.488 e. The second kappa shape index (κ2) is 7.81. The predicted molar refractivity (Wildman–Crippen MR) is 86.7 cm³/mol. The molecule has 1 aromatic heterocycles. The third-order valence-corrected chi connectivity index (χ3v) is 3.74. The van der Waals surface area contributed by atoms with Crippen LogP contribution in [0.3, 0.4) is 0 Å². The highest BCUT2D eigenvalue weighted by Gasteiger charge is 2.14. The second-order valence-corrected chi connectivity index (χ2v) is 5.66.